The number of carbonyl (C=O) groups is 2. The Morgan fingerprint density at radius 2 is 2.00 bits per heavy atom. The quantitative estimate of drug-likeness (QED) is 0.857. The zero-order valence-corrected chi connectivity index (χ0v) is 12.0. The number of hydrogen-bond donors (Lipinski definition) is 1. The number of nitrogens with zero attached hydrogens (tertiary/aromatic N) is 1. The van der Waals surface area contributed by atoms with Gasteiger partial charge >= 0.3 is 5.97 Å². The van der Waals surface area contributed by atoms with Gasteiger partial charge in [0.05, 0.1) is 13.7 Å². The summed E-state index contributed by atoms with van der Waals surface area (Å²) < 4.78 is 10.5. The molecule has 1 aromatic rings. The lowest BCUT2D eigenvalue weighted by molar-refractivity contribution is -0.141. The van der Waals surface area contributed by atoms with Gasteiger partial charge in [-0.2, -0.15) is 0 Å². The average molecular weight is 281 g/mol. The van der Waals surface area contributed by atoms with Crippen molar-refractivity contribution < 1.29 is 24.2 Å². The van der Waals surface area contributed by atoms with E-state index in [4.69, 9.17) is 14.6 Å². The molecule has 1 atom stereocenters. The number of likely N-dealkylation sites (N-methyl/N-ethyl adjacent to an activating group) is 1. The second kappa shape index (κ2) is 6.79. The van der Waals surface area contributed by atoms with Crippen molar-refractivity contribution in [3.63, 3.8) is 0 Å². The van der Waals surface area contributed by atoms with Crippen LogP contribution >= 0.6 is 0 Å². The Morgan fingerprint density at radius 1 is 1.35 bits per heavy atom. The van der Waals surface area contributed by atoms with E-state index in [1.165, 1.54) is 21.1 Å². The Labute approximate surface area is 117 Å². The Morgan fingerprint density at radius 3 is 2.50 bits per heavy atom. The van der Waals surface area contributed by atoms with Gasteiger partial charge in [0.1, 0.15) is 6.04 Å². The predicted molar refractivity (Wildman–Crippen MR) is 73.4 cm³/mol. The van der Waals surface area contributed by atoms with Crippen molar-refractivity contribution in [1.29, 1.82) is 0 Å². The molecular formula is C14H19NO5. The van der Waals surface area contributed by atoms with Gasteiger partial charge in [-0.05, 0) is 32.0 Å². The third kappa shape index (κ3) is 3.40. The number of carbonyl (C=O) groups excluding carboxylic acids is 1. The first-order valence-corrected chi connectivity index (χ1v) is 6.23. The van der Waals surface area contributed by atoms with Crippen LogP contribution < -0.4 is 9.47 Å². The lowest BCUT2D eigenvalue weighted by Gasteiger charge is -2.22. The number of hydrogen-bond acceptors (Lipinski definition) is 4. The van der Waals surface area contributed by atoms with E-state index >= 15 is 0 Å². The fraction of sp³-hybridized carbons (Fsp3) is 0.429. The monoisotopic (exact) mass is 281 g/mol. The highest BCUT2D eigenvalue weighted by Gasteiger charge is 2.23. The fourth-order valence-corrected chi connectivity index (χ4v) is 1.62. The highest BCUT2D eigenvalue weighted by Crippen LogP contribution is 2.28. The molecule has 0 saturated carbocycles. The Balaban J connectivity index is 3.02. The van der Waals surface area contributed by atoms with Crippen molar-refractivity contribution in [3.05, 3.63) is 23.8 Å². The standard InChI is InChI=1S/C14H19NO5/c1-5-20-11-7-6-10(8-12(11)19-4)13(16)15(3)9(2)14(17)18/h6-9H,5H2,1-4H3,(H,17,18). The highest BCUT2D eigenvalue weighted by atomic mass is 16.5. The number of carboxylic acid groups (broad SMARTS) is 1. The fourth-order valence-electron chi connectivity index (χ4n) is 1.62. The predicted octanol–water partition coefficient (Wildman–Crippen LogP) is 1.64. The van der Waals surface area contributed by atoms with Gasteiger partial charge in [-0.3, -0.25) is 4.79 Å². The van der Waals surface area contributed by atoms with Crippen LogP contribution in [0, 0.1) is 0 Å². The van der Waals surface area contributed by atoms with Crippen molar-refractivity contribution in [2.45, 2.75) is 19.9 Å². The molecule has 1 amide bonds. The molecule has 6 nitrogen and oxygen atoms in total. The van der Waals surface area contributed by atoms with Crippen molar-refractivity contribution in [3.8, 4) is 11.5 Å². The van der Waals surface area contributed by atoms with Crippen LogP contribution in [0.25, 0.3) is 0 Å². The molecule has 6 heteroatoms. The van der Waals surface area contributed by atoms with Gasteiger partial charge in [0.25, 0.3) is 5.91 Å². The zero-order valence-electron chi connectivity index (χ0n) is 12.0. The molecular weight excluding hydrogens is 262 g/mol. The van der Waals surface area contributed by atoms with Crippen LogP contribution in [0.15, 0.2) is 18.2 Å². The zero-order chi connectivity index (χ0) is 15.3. The molecule has 0 aliphatic heterocycles. The minimum atomic E-state index is -1.06. The van der Waals surface area contributed by atoms with E-state index in [9.17, 15) is 9.59 Å². The molecule has 0 aromatic heterocycles. The second-order valence-corrected chi connectivity index (χ2v) is 4.23. The summed E-state index contributed by atoms with van der Waals surface area (Å²) in [6.07, 6.45) is 0. The highest BCUT2D eigenvalue weighted by molar-refractivity contribution is 5.96. The number of methoxy groups -OCH3 is 1. The second-order valence-electron chi connectivity index (χ2n) is 4.23. The number of rotatable bonds is 6. The maximum absolute atomic E-state index is 12.2. The first kappa shape index (κ1) is 15.8. The van der Waals surface area contributed by atoms with Crippen LogP contribution in [0.2, 0.25) is 0 Å². The lowest BCUT2D eigenvalue weighted by atomic mass is 10.1. The summed E-state index contributed by atoms with van der Waals surface area (Å²) in [5, 5.41) is 8.92. The first-order chi connectivity index (χ1) is 9.42. The number of carboxylic acids is 1. The van der Waals surface area contributed by atoms with Crippen LogP contribution in [0.4, 0.5) is 0 Å². The molecule has 0 radical (unpaired) electrons. The smallest absolute Gasteiger partial charge is 0.326 e. The van der Waals surface area contributed by atoms with E-state index in [2.05, 4.69) is 0 Å². The van der Waals surface area contributed by atoms with Crippen molar-refractivity contribution >= 4 is 11.9 Å². The molecule has 1 unspecified atom stereocenters. The minimum absolute atomic E-state index is 0.348. The van der Waals surface area contributed by atoms with Crippen molar-refractivity contribution in [2.24, 2.45) is 0 Å². The van der Waals surface area contributed by atoms with Crippen molar-refractivity contribution in [1.82, 2.24) is 4.90 Å². The van der Waals surface area contributed by atoms with E-state index in [0.717, 1.165) is 4.90 Å². The maximum atomic E-state index is 12.2. The van der Waals surface area contributed by atoms with Gasteiger partial charge in [0, 0.05) is 12.6 Å². The van der Waals surface area contributed by atoms with Gasteiger partial charge in [0.15, 0.2) is 11.5 Å². The molecule has 110 valence electrons. The number of aliphatic carboxylic acids is 1. The molecule has 0 heterocycles. The Bertz CT molecular complexity index is 500. The molecule has 0 bridgehead atoms. The van der Waals surface area contributed by atoms with Gasteiger partial charge < -0.3 is 19.5 Å². The summed E-state index contributed by atoms with van der Waals surface area (Å²) in [7, 11) is 2.93. The third-order valence-corrected chi connectivity index (χ3v) is 2.97. The molecule has 0 saturated heterocycles. The topological polar surface area (TPSA) is 76.1 Å². The molecule has 0 aliphatic carbocycles. The average Bonchev–Trinajstić information content (AvgIpc) is 2.45. The number of ether oxygens (including phenoxy) is 2. The summed E-state index contributed by atoms with van der Waals surface area (Å²) in [4.78, 5) is 24.3. The van der Waals surface area contributed by atoms with E-state index in [-0.39, 0.29) is 5.91 Å². The van der Waals surface area contributed by atoms with Crippen LogP contribution in [0.5, 0.6) is 11.5 Å². The molecule has 0 spiro atoms. The summed E-state index contributed by atoms with van der Waals surface area (Å²) in [6.45, 7) is 3.78. The van der Waals surface area contributed by atoms with Crippen molar-refractivity contribution in [2.75, 3.05) is 20.8 Å². The number of amides is 1. The maximum Gasteiger partial charge on any atom is 0.326 e. The van der Waals surface area contributed by atoms with Gasteiger partial charge in [-0.15, -0.1) is 0 Å². The van der Waals surface area contributed by atoms with E-state index in [1.807, 2.05) is 6.92 Å². The van der Waals surface area contributed by atoms with Crippen LogP contribution in [-0.4, -0.2) is 48.7 Å². The SMILES string of the molecule is CCOc1ccc(C(=O)N(C)C(C)C(=O)O)cc1OC. The molecule has 0 aliphatic rings. The lowest BCUT2D eigenvalue weighted by Crippen LogP contribution is -2.40. The Hall–Kier alpha value is -2.24. The minimum Gasteiger partial charge on any atom is -0.493 e. The van der Waals surface area contributed by atoms with Crippen LogP contribution in [0.3, 0.4) is 0 Å². The largest absolute Gasteiger partial charge is 0.493 e. The van der Waals surface area contributed by atoms with E-state index < -0.39 is 12.0 Å². The van der Waals surface area contributed by atoms with Crippen LogP contribution in [0.1, 0.15) is 24.2 Å². The molecule has 1 aromatic carbocycles. The number of benzene rings is 1. The van der Waals surface area contributed by atoms with Gasteiger partial charge in [-0.25, -0.2) is 4.79 Å². The molecule has 0 fully saturated rings. The first-order valence-electron chi connectivity index (χ1n) is 6.23. The summed E-state index contributed by atoms with van der Waals surface area (Å²) in [6, 6.07) is 3.86. The summed E-state index contributed by atoms with van der Waals surface area (Å²) >= 11 is 0. The summed E-state index contributed by atoms with van der Waals surface area (Å²) in [5.74, 6) is -0.463. The van der Waals surface area contributed by atoms with Crippen LogP contribution in [-0.2, 0) is 4.79 Å². The van der Waals surface area contributed by atoms with E-state index in [1.54, 1.807) is 18.2 Å². The molecule has 20 heavy (non-hydrogen) atoms. The third-order valence-electron chi connectivity index (χ3n) is 2.97. The molecule has 1 N–H and O–H groups in total. The van der Waals surface area contributed by atoms with E-state index in [0.29, 0.717) is 23.7 Å². The Kier molecular flexibility index (Phi) is 5.37. The normalized spacial score (nSPS) is 11.6. The van der Waals surface area contributed by atoms with Gasteiger partial charge in [-0.1, -0.05) is 0 Å². The van der Waals surface area contributed by atoms with Gasteiger partial charge in [0.2, 0.25) is 0 Å². The summed E-state index contributed by atoms with van der Waals surface area (Å²) in [5.41, 5.74) is 0.348. The molecule has 1 rings (SSSR count).